The first-order valence-corrected chi connectivity index (χ1v) is 8.73. The largest absolute Gasteiger partial charge is 0.0683 e. The van der Waals surface area contributed by atoms with Gasteiger partial charge in [-0.2, -0.15) is 0 Å². The van der Waals surface area contributed by atoms with Gasteiger partial charge in [-0.1, -0.05) is 128 Å². The van der Waals surface area contributed by atoms with Crippen molar-refractivity contribution in [2.75, 3.05) is 0 Å². The zero-order valence-corrected chi connectivity index (χ0v) is 15.9. The van der Waals surface area contributed by atoms with Crippen LogP contribution in [0.3, 0.4) is 0 Å². The molecule has 0 N–H and O–H groups in total. The maximum Gasteiger partial charge on any atom is -0.0256 e. The maximum absolute atomic E-state index is 2.12. The van der Waals surface area contributed by atoms with Crippen LogP contribution in [0, 0.1) is 0 Å². The molecular weight excluding hydrogens is 264 g/mol. The van der Waals surface area contributed by atoms with Gasteiger partial charge in [-0.3, -0.25) is 0 Å². The highest BCUT2D eigenvalue weighted by atomic mass is 13.9. The number of benzene rings is 2. The standard InChI is InChI=1S/C14H12.4C2H6/c1-3-7-13(8-4-1)11-12-14-9-5-2-6-10-14;4*1-2/h1-12H;4*1-2H3. The second kappa shape index (κ2) is 24.2. The molecule has 0 radical (unpaired) electrons. The van der Waals surface area contributed by atoms with Crippen LogP contribution in [0.15, 0.2) is 60.7 Å². The first-order valence-electron chi connectivity index (χ1n) is 8.73. The molecule has 0 heterocycles. The Bertz CT molecular complexity index is 357. The summed E-state index contributed by atoms with van der Waals surface area (Å²) in [5.74, 6) is 0. The molecule has 0 atom stereocenters. The molecule has 22 heavy (non-hydrogen) atoms. The second-order valence-electron chi connectivity index (χ2n) is 3.15. The monoisotopic (exact) mass is 300 g/mol. The van der Waals surface area contributed by atoms with E-state index in [1.807, 2.05) is 91.8 Å². The topological polar surface area (TPSA) is 0 Å². The lowest BCUT2D eigenvalue weighted by Crippen LogP contribution is -1.70. The molecule has 0 heteroatoms. The fraction of sp³-hybridized carbons (Fsp3) is 0.364. The molecule has 0 aliphatic heterocycles. The summed E-state index contributed by atoms with van der Waals surface area (Å²) >= 11 is 0. The minimum absolute atomic E-state index is 1.23. The molecule has 2 aromatic carbocycles. The van der Waals surface area contributed by atoms with Gasteiger partial charge in [0.05, 0.1) is 0 Å². The van der Waals surface area contributed by atoms with Crippen LogP contribution in [-0.4, -0.2) is 0 Å². The lowest BCUT2D eigenvalue weighted by molar-refractivity contribution is 1.50. The van der Waals surface area contributed by atoms with Crippen LogP contribution >= 0.6 is 0 Å². The summed E-state index contributed by atoms with van der Waals surface area (Å²) in [4.78, 5) is 0. The van der Waals surface area contributed by atoms with E-state index < -0.39 is 0 Å². The molecule has 0 spiro atoms. The van der Waals surface area contributed by atoms with Gasteiger partial charge < -0.3 is 0 Å². The molecule has 0 unspecified atom stereocenters. The summed E-state index contributed by atoms with van der Waals surface area (Å²) in [5.41, 5.74) is 2.47. The number of hydrogen-bond acceptors (Lipinski definition) is 0. The smallest absolute Gasteiger partial charge is 0.0256 e. The highest BCUT2D eigenvalue weighted by molar-refractivity contribution is 5.69. The lowest BCUT2D eigenvalue weighted by Gasteiger charge is -1.92. The van der Waals surface area contributed by atoms with Crippen LogP contribution in [-0.2, 0) is 0 Å². The lowest BCUT2D eigenvalue weighted by atomic mass is 10.1. The molecule has 0 aliphatic rings. The van der Waals surface area contributed by atoms with E-state index in [-0.39, 0.29) is 0 Å². The van der Waals surface area contributed by atoms with Crippen molar-refractivity contribution in [3.63, 3.8) is 0 Å². The zero-order valence-electron chi connectivity index (χ0n) is 15.9. The van der Waals surface area contributed by atoms with Crippen molar-refractivity contribution >= 4 is 12.2 Å². The molecule has 2 aromatic rings. The Balaban J connectivity index is -0.000000394. The highest BCUT2D eigenvalue weighted by Crippen LogP contribution is 2.06. The van der Waals surface area contributed by atoms with Gasteiger partial charge in [0.25, 0.3) is 0 Å². The molecule has 0 amide bonds. The van der Waals surface area contributed by atoms with Gasteiger partial charge in [0.1, 0.15) is 0 Å². The Morgan fingerprint density at radius 1 is 0.409 bits per heavy atom. The van der Waals surface area contributed by atoms with Crippen LogP contribution in [0.25, 0.3) is 12.2 Å². The fourth-order valence-corrected chi connectivity index (χ4v) is 1.32. The zero-order chi connectivity index (χ0) is 17.6. The fourth-order valence-electron chi connectivity index (χ4n) is 1.32. The van der Waals surface area contributed by atoms with Gasteiger partial charge in [0.15, 0.2) is 0 Å². The van der Waals surface area contributed by atoms with Crippen molar-refractivity contribution in [2.24, 2.45) is 0 Å². The van der Waals surface area contributed by atoms with Crippen molar-refractivity contribution in [3.8, 4) is 0 Å². The summed E-state index contributed by atoms with van der Waals surface area (Å²) in [6, 6.07) is 20.6. The van der Waals surface area contributed by atoms with E-state index >= 15 is 0 Å². The third-order valence-electron chi connectivity index (χ3n) is 2.07. The van der Waals surface area contributed by atoms with Crippen LogP contribution in [0.1, 0.15) is 66.5 Å². The van der Waals surface area contributed by atoms with Crippen molar-refractivity contribution in [3.05, 3.63) is 71.8 Å². The van der Waals surface area contributed by atoms with E-state index in [4.69, 9.17) is 0 Å². The molecule has 0 aromatic heterocycles. The Morgan fingerprint density at radius 3 is 0.864 bits per heavy atom. The SMILES string of the molecule is C(=Cc1ccccc1)c1ccccc1.CC.CC.CC.CC. The molecule has 0 saturated carbocycles. The predicted octanol–water partition coefficient (Wildman–Crippen LogP) is 7.96. The summed E-state index contributed by atoms with van der Waals surface area (Å²) in [7, 11) is 0. The van der Waals surface area contributed by atoms with Gasteiger partial charge >= 0.3 is 0 Å². The molecule has 124 valence electrons. The van der Waals surface area contributed by atoms with Gasteiger partial charge in [0, 0.05) is 0 Å². The molecule has 0 aliphatic carbocycles. The summed E-state index contributed by atoms with van der Waals surface area (Å²) in [6.45, 7) is 16.0. The van der Waals surface area contributed by atoms with E-state index in [9.17, 15) is 0 Å². The summed E-state index contributed by atoms with van der Waals surface area (Å²) in [5, 5.41) is 0. The molecule has 0 nitrogen and oxygen atoms in total. The molecule has 0 fully saturated rings. The Hall–Kier alpha value is -1.82. The van der Waals surface area contributed by atoms with E-state index in [1.165, 1.54) is 11.1 Å². The molecular formula is C22H36. The Labute approximate surface area is 139 Å². The molecule has 2 rings (SSSR count). The van der Waals surface area contributed by atoms with Crippen molar-refractivity contribution in [2.45, 2.75) is 55.4 Å². The maximum atomic E-state index is 2.12. The summed E-state index contributed by atoms with van der Waals surface area (Å²) < 4.78 is 0. The van der Waals surface area contributed by atoms with E-state index in [1.54, 1.807) is 0 Å². The van der Waals surface area contributed by atoms with E-state index in [0.717, 1.165) is 0 Å². The Kier molecular flexibility index (Phi) is 27.7. The van der Waals surface area contributed by atoms with Crippen LogP contribution < -0.4 is 0 Å². The van der Waals surface area contributed by atoms with Crippen LogP contribution in [0.2, 0.25) is 0 Å². The van der Waals surface area contributed by atoms with Gasteiger partial charge in [-0.15, -0.1) is 0 Å². The minimum atomic E-state index is 1.23. The van der Waals surface area contributed by atoms with Crippen molar-refractivity contribution < 1.29 is 0 Å². The van der Waals surface area contributed by atoms with Crippen LogP contribution in [0.5, 0.6) is 0 Å². The average Bonchev–Trinajstić information content (AvgIpc) is 2.68. The van der Waals surface area contributed by atoms with Crippen molar-refractivity contribution in [1.29, 1.82) is 0 Å². The predicted molar refractivity (Wildman–Crippen MR) is 107 cm³/mol. The quantitative estimate of drug-likeness (QED) is 0.493. The van der Waals surface area contributed by atoms with Crippen LogP contribution in [0.4, 0.5) is 0 Å². The molecule has 0 bridgehead atoms. The first kappa shape index (κ1) is 25.2. The van der Waals surface area contributed by atoms with Gasteiger partial charge in [-0.05, 0) is 11.1 Å². The van der Waals surface area contributed by atoms with Gasteiger partial charge in [-0.25, -0.2) is 0 Å². The average molecular weight is 301 g/mol. The normalized spacial score (nSPS) is 7.82. The Morgan fingerprint density at radius 2 is 0.636 bits per heavy atom. The third-order valence-corrected chi connectivity index (χ3v) is 2.07. The summed E-state index contributed by atoms with van der Waals surface area (Å²) in [6.07, 6.45) is 4.24. The second-order valence-corrected chi connectivity index (χ2v) is 3.15. The van der Waals surface area contributed by atoms with E-state index in [2.05, 4.69) is 36.4 Å². The molecule has 0 saturated heterocycles. The van der Waals surface area contributed by atoms with Gasteiger partial charge in [0.2, 0.25) is 0 Å². The van der Waals surface area contributed by atoms with E-state index in [0.29, 0.717) is 0 Å². The minimum Gasteiger partial charge on any atom is -0.0683 e. The number of hydrogen-bond donors (Lipinski definition) is 0. The third kappa shape index (κ3) is 14.6. The first-order chi connectivity index (χ1) is 10.9. The van der Waals surface area contributed by atoms with Crippen molar-refractivity contribution in [1.82, 2.24) is 0 Å². The highest BCUT2D eigenvalue weighted by Gasteiger charge is 1.84. The number of rotatable bonds is 2.